The monoisotopic (exact) mass is 318 g/mol. The number of aryl methyl sites for hydroxylation is 1. The molecule has 4 rings (SSSR count). The van der Waals surface area contributed by atoms with Crippen molar-refractivity contribution in [2.75, 3.05) is 0 Å². The van der Waals surface area contributed by atoms with Crippen LogP contribution in [0.2, 0.25) is 0 Å². The average Bonchev–Trinajstić information content (AvgIpc) is 3.01. The highest BCUT2D eigenvalue weighted by Crippen LogP contribution is 2.34. The zero-order chi connectivity index (χ0) is 16.7. The lowest BCUT2D eigenvalue weighted by atomic mass is 9.99. The summed E-state index contributed by atoms with van der Waals surface area (Å²) in [5, 5.41) is 2.01. The van der Waals surface area contributed by atoms with Gasteiger partial charge in [0.05, 0.1) is 6.26 Å². The molecule has 4 aromatic rings. The maximum Gasteiger partial charge on any atom is 0.339 e. The van der Waals surface area contributed by atoms with Gasteiger partial charge in [-0.25, -0.2) is 4.79 Å². The molecule has 0 atom stereocenters. The third-order valence-corrected chi connectivity index (χ3v) is 4.57. The molecule has 2 aromatic carbocycles. The standard InChI is InChI=1S/C21H18O3/c1-3-7-15-13(2)16-10-17-18(14-8-5-4-6-9-14)12-23-19(17)11-20(16)24-21(15)22/h4-6,8-12H,3,7H2,1-2H3. The van der Waals surface area contributed by atoms with Gasteiger partial charge in [-0.05, 0) is 30.5 Å². The van der Waals surface area contributed by atoms with Crippen LogP contribution in [0.3, 0.4) is 0 Å². The van der Waals surface area contributed by atoms with Gasteiger partial charge in [0.15, 0.2) is 0 Å². The summed E-state index contributed by atoms with van der Waals surface area (Å²) in [5.74, 6) is 0. The van der Waals surface area contributed by atoms with Crippen LogP contribution in [0.4, 0.5) is 0 Å². The van der Waals surface area contributed by atoms with Gasteiger partial charge in [-0.1, -0.05) is 43.7 Å². The number of rotatable bonds is 3. The Balaban J connectivity index is 2.03. The Morgan fingerprint density at radius 2 is 1.79 bits per heavy atom. The summed E-state index contributed by atoms with van der Waals surface area (Å²) >= 11 is 0. The number of fused-ring (bicyclic) bond motifs is 2. The molecule has 0 bridgehead atoms. The van der Waals surface area contributed by atoms with Gasteiger partial charge in [0, 0.05) is 28.0 Å². The summed E-state index contributed by atoms with van der Waals surface area (Å²) in [6.45, 7) is 4.06. The zero-order valence-electron chi connectivity index (χ0n) is 13.8. The van der Waals surface area contributed by atoms with E-state index in [0.29, 0.717) is 5.58 Å². The highest BCUT2D eigenvalue weighted by Gasteiger charge is 2.15. The van der Waals surface area contributed by atoms with Gasteiger partial charge >= 0.3 is 5.63 Å². The molecular formula is C21H18O3. The minimum Gasteiger partial charge on any atom is -0.464 e. The van der Waals surface area contributed by atoms with Crippen LogP contribution >= 0.6 is 0 Å². The molecule has 3 heteroatoms. The van der Waals surface area contributed by atoms with Crippen molar-refractivity contribution in [1.82, 2.24) is 0 Å². The topological polar surface area (TPSA) is 43.4 Å². The first-order valence-corrected chi connectivity index (χ1v) is 8.22. The minimum atomic E-state index is -0.240. The highest BCUT2D eigenvalue weighted by molar-refractivity contribution is 6.02. The molecular weight excluding hydrogens is 300 g/mol. The predicted octanol–water partition coefficient (Wildman–Crippen LogP) is 5.47. The van der Waals surface area contributed by atoms with Crippen molar-refractivity contribution >= 4 is 21.9 Å². The average molecular weight is 318 g/mol. The fraction of sp³-hybridized carbons (Fsp3) is 0.190. The fourth-order valence-electron chi connectivity index (χ4n) is 3.29. The van der Waals surface area contributed by atoms with E-state index in [9.17, 15) is 4.79 Å². The molecule has 0 saturated carbocycles. The molecule has 0 saturated heterocycles. The van der Waals surface area contributed by atoms with Gasteiger partial charge in [-0.2, -0.15) is 0 Å². The van der Waals surface area contributed by atoms with Crippen LogP contribution in [0.5, 0.6) is 0 Å². The predicted molar refractivity (Wildman–Crippen MR) is 96.4 cm³/mol. The lowest BCUT2D eigenvalue weighted by Crippen LogP contribution is -2.09. The van der Waals surface area contributed by atoms with E-state index >= 15 is 0 Å². The molecule has 0 amide bonds. The van der Waals surface area contributed by atoms with Gasteiger partial charge in [0.25, 0.3) is 0 Å². The number of benzene rings is 2. The molecule has 120 valence electrons. The molecule has 24 heavy (non-hydrogen) atoms. The van der Waals surface area contributed by atoms with Crippen LogP contribution in [0.25, 0.3) is 33.1 Å². The summed E-state index contributed by atoms with van der Waals surface area (Å²) in [6.07, 6.45) is 3.42. The van der Waals surface area contributed by atoms with Gasteiger partial charge < -0.3 is 8.83 Å². The van der Waals surface area contributed by atoms with Crippen molar-refractivity contribution < 1.29 is 8.83 Å². The van der Waals surface area contributed by atoms with Gasteiger partial charge in [0.1, 0.15) is 11.2 Å². The number of hydrogen-bond acceptors (Lipinski definition) is 3. The maximum atomic E-state index is 12.2. The van der Waals surface area contributed by atoms with Crippen LogP contribution in [0.15, 0.2) is 62.4 Å². The van der Waals surface area contributed by atoms with E-state index in [1.165, 1.54) is 0 Å². The number of furan rings is 1. The van der Waals surface area contributed by atoms with Gasteiger partial charge in [-0.15, -0.1) is 0 Å². The maximum absolute atomic E-state index is 12.2. The van der Waals surface area contributed by atoms with Crippen LogP contribution in [0.1, 0.15) is 24.5 Å². The summed E-state index contributed by atoms with van der Waals surface area (Å²) in [4.78, 5) is 12.2. The van der Waals surface area contributed by atoms with E-state index in [1.54, 1.807) is 6.26 Å². The van der Waals surface area contributed by atoms with E-state index in [2.05, 4.69) is 25.1 Å². The van der Waals surface area contributed by atoms with Crippen molar-refractivity contribution in [1.29, 1.82) is 0 Å². The first-order chi connectivity index (χ1) is 11.7. The van der Waals surface area contributed by atoms with Crippen LogP contribution < -0.4 is 5.63 Å². The van der Waals surface area contributed by atoms with Crippen LogP contribution in [-0.2, 0) is 6.42 Å². The van der Waals surface area contributed by atoms with Crippen LogP contribution in [0, 0.1) is 6.92 Å². The SMILES string of the molecule is CCCc1c(C)c2cc3c(-c4ccccc4)coc3cc2oc1=O. The van der Waals surface area contributed by atoms with Crippen LogP contribution in [-0.4, -0.2) is 0 Å². The van der Waals surface area contributed by atoms with E-state index in [1.807, 2.05) is 31.2 Å². The summed E-state index contributed by atoms with van der Waals surface area (Å²) < 4.78 is 11.2. The molecule has 2 heterocycles. The lowest BCUT2D eigenvalue weighted by Gasteiger charge is -2.07. The molecule has 0 spiro atoms. The van der Waals surface area contributed by atoms with Gasteiger partial charge in [0.2, 0.25) is 0 Å². The van der Waals surface area contributed by atoms with Crippen molar-refractivity contribution in [2.45, 2.75) is 26.7 Å². The second kappa shape index (κ2) is 5.68. The molecule has 0 N–H and O–H groups in total. The number of hydrogen-bond donors (Lipinski definition) is 0. The van der Waals surface area contributed by atoms with E-state index in [4.69, 9.17) is 8.83 Å². The molecule has 0 aliphatic rings. The largest absolute Gasteiger partial charge is 0.464 e. The minimum absolute atomic E-state index is 0.240. The van der Waals surface area contributed by atoms with Crippen molar-refractivity contribution in [3.8, 4) is 11.1 Å². The summed E-state index contributed by atoms with van der Waals surface area (Å²) in [5.41, 5.74) is 5.01. The van der Waals surface area contributed by atoms with Crippen molar-refractivity contribution in [2.24, 2.45) is 0 Å². The Morgan fingerprint density at radius 1 is 1.00 bits per heavy atom. The Kier molecular flexibility index (Phi) is 3.49. The molecule has 3 nitrogen and oxygen atoms in total. The van der Waals surface area contributed by atoms with Gasteiger partial charge in [-0.3, -0.25) is 0 Å². The molecule has 0 aliphatic heterocycles. The van der Waals surface area contributed by atoms with Crippen molar-refractivity contribution in [3.63, 3.8) is 0 Å². The normalized spacial score (nSPS) is 11.4. The lowest BCUT2D eigenvalue weighted by molar-refractivity contribution is 0.546. The molecule has 0 aliphatic carbocycles. The first-order valence-electron chi connectivity index (χ1n) is 8.22. The highest BCUT2D eigenvalue weighted by atomic mass is 16.4. The summed E-state index contributed by atoms with van der Waals surface area (Å²) in [7, 11) is 0. The Bertz CT molecular complexity index is 1080. The Morgan fingerprint density at radius 3 is 2.54 bits per heavy atom. The molecule has 0 radical (unpaired) electrons. The quantitative estimate of drug-likeness (QED) is 0.471. The first kappa shape index (κ1) is 14.8. The second-order valence-electron chi connectivity index (χ2n) is 6.10. The molecule has 0 fully saturated rings. The third kappa shape index (κ3) is 2.24. The smallest absolute Gasteiger partial charge is 0.339 e. The van der Waals surface area contributed by atoms with E-state index in [-0.39, 0.29) is 5.63 Å². The second-order valence-corrected chi connectivity index (χ2v) is 6.10. The Hall–Kier alpha value is -2.81. The zero-order valence-corrected chi connectivity index (χ0v) is 13.8. The molecule has 2 aromatic heterocycles. The third-order valence-electron chi connectivity index (χ3n) is 4.57. The van der Waals surface area contributed by atoms with Crippen molar-refractivity contribution in [3.05, 3.63) is 70.3 Å². The molecule has 0 unspecified atom stereocenters. The Labute approximate surface area is 139 Å². The van der Waals surface area contributed by atoms with E-state index in [0.717, 1.165) is 51.5 Å². The van der Waals surface area contributed by atoms with E-state index < -0.39 is 0 Å². The fourth-order valence-corrected chi connectivity index (χ4v) is 3.29. The summed E-state index contributed by atoms with van der Waals surface area (Å²) in [6, 6.07) is 14.0.